The predicted molar refractivity (Wildman–Crippen MR) is 87.7 cm³/mol. The fraction of sp³-hybridized carbons (Fsp3) is 0.938. The highest BCUT2D eigenvalue weighted by Crippen LogP contribution is 2.23. The van der Waals surface area contributed by atoms with Crippen LogP contribution in [0.25, 0.3) is 0 Å². The monoisotopic (exact) mass is 314 g/mol. The molecule has 0 bridgehead atoms. The molecule has 122 valence electrons. The van der Waals surface area contributed by atoms with Gasteiger partial charge in [0.05, 0.1) is 0 Å². The maximum Gasteiger partial charge on any atom is 0.220 e. The highest BCUT2D eigenvalue weighted by Gasteiger charge is 2.26. The normalized spacial score (nSPS) is 29.0. The third-order valence-electron chi connectivity index (χ3n) is 4.89. The number of amides is 1. The SMILES string of the molecule is CCS(=O)C1CCCC(NC(=O)CCC2CCNCC2)C1. The number of rotatable bonds is 6. The van der Waals surface area contributed by atoms with Gasteiger partial charge in [0.2, 0.25) is 5.91 Å². The van der Waals surface area contributed by atoms with E-state index >= 15 is 0 Å². The van der Waals surface area contributed by atoms with E-state index in [0.29, 0.717) is 17.6 Å². The number of carbonyl (C=O) groups is 1. The van der Waals surface area contributed by atoms with Gasteiger partial charge < -0.3 is 10.6 Å². The van der Waals surface area contributed by atoms with Crippen LogP contribution in [0.1, 0.15) is 58.3 Å². The predicted octanol–water partition coefficient (Wildman–Crippen LogP) is 1.96. The Morgan fingerprint density at radius 1 is 1.24 bits per heavy atom. The van der Waals surface area contributed by atoms with Gasteiger partial charge in [-0.05, 0) is 57.5 Å². The highest BCUT2D eigenvalue weighted by atomic mass is 32.2. The van der Waals surface area contributed by atoms with Crippen LogP contribution in [0.15, 0.2) is 0 Å². The van der Waals surface area contributed by atoms with Crippen LogP contribution < -0.4 is 10.6 Å². The van der Waals surface area contributed by atoms with E-state index in [1.54, 1.807) is 0 Å². The Balaban J connectivity index is 1.68. The summed E-state index contributed by atoms with van der Waals surface area (Å²) < 4.78 is 11.9. The molecule has 21 heavy (non-hydrogen) atoms. The van der Waals surface area contributed by atoms with Crippen LogP contribution >= 0.6 is 0 Å². The molecular weight excluding hydrogens is 284 g/mol. The van der Waals surface area contributed by atoms with Crippen LogP contribution in [-0.2, 0) is 15.6 Å². The van der Waals surface area contributed by atoms with Gasteiger partial charge in [-0.25, -0.2) is 0 Å². The van der Waals surface area contributed by atoms with Crippen molar-refractivity contribution in [2.24, 2.45) is 5.92 Å². The van der Waals surface area contributed by atoms with Gasteiger partial charge in [0.15, 0.2) is 0 Å². The second-order valence-electron chi connectivity index (χ2n) is 6.45. The van der Waals surface area contributed by atoms with E-state index in [4.69, 9.17) is 0 Å². The Morgan fingerprint density at radius 2 is 2.00 bits per heavy atom. The van der Waals surface area contributed by atoms with E-state index in [1.807, 2.05) is 6.92 Å². The van der Waals surface area contributed by atoms with Crippen molar-refractivity contribution in [3.05, 3.63) is 0 Å². The summed E-state index contributed by atoms with van der Waals surface area (Å²) in [6, 6.07) is 0.250. The molecule has 2 fully saturated rings. The first-order chi connectivity index (χ1) is 10.2. The largest absolute Gasteiger partial charge is 0.353 e. The van der Waals surface area contributed by atoms with E-state index in [2.05, 4.69) is 10.6 Å². The second-order valence-corrected chi connectivity index (χ2v) is 8.46. The second kappa shape index (κ2) is 8.89. The lowest BCUT2D eigenvalue weighted by atomic mass is 9.92. The Hall–Kier alpha value is -0.420. The molecule has 3 atom stereocenters. The lowest BCUT2D eigenvalue weighted by molar-refractivity contribution is -0.122. The number of hydrogen-bond acceptors (Lipinski definition) is 3. The van der Waals surface area contributed by atoms with Gasteiger partial charge in [-0.2, -0.15) is 0 Å². The Bertz CT molecular complexity index is 356. The molecule has 1 saturated carbocycles. The summed E-state index contributed by atoms with van der Waals surface area (Å²) in [5, 5.41) is 6.83. The molecule has 1 heterocycles. The summed E-state index contributed by atoms with van der Waals surface area (Å²) in [6.07, 6.45) is 8.18. The summed E-state index contributed by atoms with van der Waals surface area (Å²) in [5.41, 5.74) is 0. The van der Waals surface area contributed by atoms with Crippen molar-refractivity contribution >= 4 is 16.7 Å². The maximum atomic E-state index is 12.1. The standard InChI is InChI=1S/C16H30N2O2S/c1-2-21(20)15-5-3-4-14(12-15)18-16(19)7-6-13-8-10-17-11-9-13/h13-15,17H,2-12H2,1H3,(H,18,19). The number of piperidine rings is 1. The molecule has 2 N–H and O–H groups in total. The third-order valence-corrected chi connectivity index (χ3v) is 6.63. The van der Waals surface area contributed by atoms with E-state index in [-0.39, 0.29) is 11.9 Å². The van der Waals surface area contributed by atoms with Gasteiger partial charge in [-0.1, -0.05) is 13.3 Å². The van der Waals surface area contributed by atoms with Gasteiger partial charge >= 0.3 is 0 Å². The molecule has 5 heteroatoms. The van der Waals surface area contributed by atoms with Crippen molar-refractivity contribution in [3.8, 4) is 0 Å². The maximum absolute atomic E-state index is 12.1. The molecule has 2 aliphatic rings. The molecule has 3 unspecified atom stereocenters. The zero-order valence-corrected chi connectivity index (χ0v) is 14.1. The van der Waals surface area contributed by atoms with Crippen LogP contribution in [0.4, 0.5) is 0 Å². The smallest absolute Gasteiger partial charge is 0.220 e. The van der Waals surface area contributed by atoms with Crippen molar-refractivity contribution in [2.75, 3.05) is 18.8 Å². The molecule has 1 aliphatic heterocycles. The van der Waals surface area contributed by atoms with Crippen molar-refractivity contribution < 1.29 is 9.00 Å². The fourth-order valence-electron chi connectivity index (χ4n) is 3.56. The Morgan fingerprint density at radius 3 is 2.71 bits per heavy atom. The first-order valence-corrected chi connectivity index (χ1v) is 9.94. The van der Waals surface area contributed by atoms with Gasteiger partial charge in [0, 0.05) is 34.3 Å². The molecule has 1 aliphatic carbocycles. The van der Waals surface area contributed by atoms with E-state index in [1.165, 1.54) is 12.8 Å². The van der Waals surface area contributed by atoms with Crippen LogP contribution in [0, 0.1) is 5.92 Å². The third kappa shape index (κ3) is 5.70. The van der Waals surface area contributed by atoms with Crippen molar-refractivity contribution in [1.82, 2.24) is 10.6 Å². The molecule has 2 rings (SSSR count). The molecular formula is C16H30N2O2S. The van der Waals surface area contributed by atoms with Crippen molar-refractivity contribution in [3.63, 3.8) is 0 Å². The summed E-state index contributed by atoms with van der Waals surface area (Å²) in [7, 11) is -0.715. The number of hydrogen-bond donors (Lipinski definition) is 2. The lowest BCUT2D eigenvalue weighted by Gasteiger charge is -2.29. The summed E-state index contributed by atoms with van der Waals surface area (Å²) in [4.78, 5) is 12.1. The quantitative estimate of drug-likeness (QED) is 0.788. The van der Waals surface area contributed by atoms with Crippen molar-refractivity contribution in [2.45, 2.75) is 69.6 Å². The minimum absolute atomic E-state index is 0.196. The Kier molecular flexibility index (Phi) is 7.17. The van der Waals surface area contributed by atoms with E-state index in [9.17, 15) is 9.00 Å². The summed E-state index contributed by atoms with van der Waals surface area (Å²) in [6.45, 7) is 4.18. The average molecular weight is 314 g/mol. The Labute approximate surface area is 131 Å². The minimum atomic E-state index is -0.715. The van der Waals surface area contributed by atoms with E-state index in [0.717, 1.165) is 50.9 Å². The zero-order valence-electron chi connectivity index (χ0n) is 13.2. The average Bonchev–Trinajstić information content (AvgIpc) is 2.53. The van der Waals surface area contributed by atoms with Gasteiger partial charge in [0.1, 0.15) is 0 Å². The van der Waals surface area contributed by atoms with Gasteiger partial charge in [0.25, 0.3) is 0 Å². The van der Waals surface area contributed by atoms with Crippen molar-refractivity contribution in [1.29, 1.82) is 0 Å². The summed E-state index contributed by atoms with van der Waals surface area (Å²) >= 11 is 0. The fourth-order valence-corrected chi connectivity index (χ4v) is 4.90. The molecule has 0 radical (unpaired) electrons. The van der Waals surface area contributed by atoms with Crippen LogP contribution in [0.2, 0.25) is 0 Å². The van der Waals surface area contributed by atoms with Crippen LogP contribution in [0.5, 0.6) is 0 Å². The number of nitrogens with one attached hydrogen (secondary N) is 2. The molecule has 4 nitrogen and oxygen atoms in total. The molecule has 0 aromatic rings. The van der Waals surface area contributed by atoms with Crippen LogP contribution in [0.3, 0.4) is 0 Å². The molecule has 1 amide bonds. The first kappa shape index (κ1) is 16.9. The van der Waals surface area contributed by atoms with Crippen LogP contribution in [-0.4, -0.2) is 40.3 Å². The van der Waals surface area contributed by atoms with E-state index < -0.39 is 10.8 Å². The van der Waals surface area contributed by atoms with Gasteiger partial charge in [-0.3, -0.25) is 9.00 Å². The minimum Gasteiger partial charge on any atom is -0.353 e. The topological polar surface area (TPSA) is 58.2 Å². The molecule has 0 aromatic carbocycles. The first-order valence-electron chi connectivity index (χ1n) is 8.56. The number of carbonyl (C=O) groups excluding carboxylic acids is 1. The molecule has 1 saturated heterocycles. The molecule has 0 aromatic heterocycles. The zero-order chi connectivity index (χ0) is 15.1. The molecule has 0 spiro atoms. The summed E-state index contributed by atoms with van der Waals surface area (Å²) in [5.74, 6) is 1.64. The lowest BCUT2D eigenvalue weighted by Crippen LogP contribution is -2.41. The van der Waals surface area contributed by atoms with Gasteiger partial charge in [-0.15, -0.1) is 0 Å². The highest BCUT2D eigenvalue weighted by molar-refractivity contribution is 7.85.